The molecule has 2 aliphatic rings. The zero-order valence-electron chi connectivity index (χ0n) is 20.7. The first-order valence-corrected chi connectivity index (χ1v) is 11.5. The minimum Gasteiger partial charge on any atom is -0.429 e. The van der Waals surface area contributed by atoms with Crippen LogP contribution in [-0.4, -0.2) is 63.1 Å². The van der Waals surface area contributed by atoms with Gasteiger partial charge >= 0.3 is 5.97 Å². The van der Waals surface area contributed by atoms with E-state index in [-0.39, 0.29) is 30.3 Å². The average molecular weight is 468 g/mol. The number of carbonyl (C=O) groups excluding carboxylic acids is 3. The molecular formula is C27H33NO6. The molecule has 7 heteroatoms. The van der Waals surface area contributed by atoms with Gasteiger partial charge < -0.3 is 19.1 Å². The molecule has 1 aliphatic carbocycles. The standard InChI is InChI=1S/C27H33NO6/c1-6-7-20-12-18(2)25(19(3)13-20)26-21(29)14-27(15-22(26)34-24(31)17-33-5)8-10-28(11-9-27)23(30)16-32-4/h12-13H,8-11,14-17H2,1-5H3. The Kier molecular flexibility index (Phi) is 8.29. The lowest BCUT2D eigenvalue weighted by atomic mass is 9.66. The van der Waals surface area contributed by atoms with Crippen molar-refractivity contribution in [2.75, 3.05) is 40.5 Å². The molecule has 0 atom stereocenters. The van der Waals surface area contributed by atoms with Crippen molar-refractivity contribution in [3.63, 3.8) is 0 Å². The van der Waals surface area contributed by atoms with Crippen LogP contribution in [0.15, 0.2) is 17.9 Å². The van der Waals surface area contributed by atoms with Crippen molar-refractivity contribution in [2.24, 2.45) is 5.41 Å². The summed E-state index contributed by atoms with van der Waals surface area (Å²) in [5, 5.41) is 0. The molecule has 0 unspecified atom stereocenters. The second-order valence-electron chi connectivity index (χ2n) is 9.16. The number of carbonyl (C=O) groups is 3. The van der Waals surface area contributed by atoms with Crippen LogP contribution in [0.1, 0.15) is 54.9 Å². The van der Waals surface area contributed by atoms with Crippen molar-refractivity contribution in [1.82, 2.24) is 4.90 Å². The van der Waals surface area contributed by atoms with E-state index in [2.05, 4.69) is 11.8 Å². The van der Waals surface area contributed by atoms with Crippen LogP contribution in [0.5, 0.6) is 0 Å². The fourth-order valence-corrected chi connectivity index (χ4v) is 5.10. The highest BCUT2D eigenvalue weighted by Gasteiger charge is 2.44. The molecule has 1 spiro atoms. The number of piperidine rings is 1. The van der Waals surface area contributed by atoms with Crippen molar-refractivity contribution in [2.45, 2.75) is 46.5 Å². The molecule has 182 valence electrons. The van der Waals surface area contributed by atoms with E-state index < -0.39 is 5.97 Å². The first kappa shape index (κ1) is 25.7. The van der Waals surface area contributed by atoms with E-state index in [1.54, 1.807) is 11.8 Å². The summed E-state index contributed by atoms with van der Waals surface area (Å²) in [7, 11) is 2.93. The highest BCUT2D eigenvalue weighted by molar-refractivity contribution is 6.23. The van der Waals surface area contributed by atoms with Crippen LogP contribution < -0.4 is 0 Å². The Morgan fingerprint density at radius 2 is 1.65 bits per heavy atom. The lowest BCUT2D eigenvalue weighted by Crippen LogP contribution is -2.46. The highest BCUT2D eigenvalue weighted by Crippen LogP contribution is 2.48. The third-order valence-corrected chi connectivity index (χ3v) is 6.62. The molecule has 0 radical (unpaired) electrons. The van der Waals surface area contributed by atoms with E-state index in [9.17, 15) is 14.4 Å². The van der Waals surface area contributed by atoms with Crippen molar-refractivity contribution >= 4 is 23.2 Å². The number of amides is 1. The van der Waals surface area contributed by atoms with Gasteiger partial charge in [0.15, 0.2) is 5.78 Å². The van der Waals surface area contributed by atoms with Crippen molar-refractivity contribution < 1.29 is 28.6 Å². The number of esters is 1. The molecule has 0 bridgehead atoms. The van der Waals surface area contributed by atoms with E-state index in [1.165, 1.54) is 14.2 Å². The summed E-state index contributed by atoms with van der Waals surface area (Å²) in [6, 6.07) is 3.91. The second kappa shape index (κ2) is 11.0. The van der Waals surface area contributed by atoms with Crippen LogP contribution >= 0.6 is 0 Å². The summed E-state index contributed by atoms with van der Waals surface area (Å²) in [6.07, 6.45) is 2.15. The third-order valence-electron chi connectivity index (χ3n) is 6.62. The number of rotatable bonds is 6. The Morgan fingerprint density at radius 1 is 1.03 bits per heavy atom. The monoisotopic (exact) mass is 467 g/mol. The van der Waals surface area contributed by atoms with E-state index in [1.807, 2.05) is 26.0 Å². The predicted octanol–water partition coefficient (Wildman–Crippen LogP) is 3.19. The minimum absolute atomic E-state index is 0.0383. The number of ether oxygens (including phenoxy) is 3. The summed E-state index contributed by atoms with van der Waals surface area (Å²) >= 11 is 0. The minimum atomic E-state index is -0.531. The number of methoxy groups -OCH3 is 2. The summed E-state index contributed by atoms with van der Waals surface area (Å²) in [4.78, 5) is 40.1. The molecule has 1 amide bonds. The zero-order chi connectivity index (χ0) is 24.9. The Hall–Kier alpha value is -2.95. The van der Waals surface area contributed by atoms with Crippen LogP contribution in [0.4, 0.5) is 0 Å². The van der Waals surface area contributed by atoms with Gasteiger partial charge in [0.05, 0.1) is 5.57 Å². The number of allylic oxidation sites excluding steroid dienone is 2. The van der Waals surface area contributed by atoms with Crippen LogP contribution in [0.2, 0.25) is 0 Å². The van der Waals surface area contributed by atoms with Crippen molar-refractivity contribution in [1.29, 1.82) is 0 Å². The Labute approximate surface area is 201 Å². The number of aryl methyl sites for hydroxylation is 2. The molecule has 0 N–H and O–H groups in total. The van der Waals surface area contributed by atoms with Crippen LogP contribution in [-0.2, 0) is 28.6 Å². The molecule has 1 heterocycles. The Morgan fingerprint density at radius 3 is 2.21 bits per heavy atom. The highest BCUT2D eigenvalue weighted by atomic mass is 16.6. The third kappa shape index (κ3) is 5.57. The van der Waals surface area contributed by atoms with E-state index in [0.29, 0.717) is 50.1 Å². The molecule has 34 heavy (non-hydrogen) atoms. The number of ketones is 1. The molecule has 0 aromatic heterocycles. The molecular weight excluding hydrogens is 434 g/mol. The fraction of sp³-hybridized carbons (Fsp3) is 0.519. The largest absolute Gasteiger partial charge is 0.429 e. The number of benzene rings is 1. The average Bonchev–Trinajstić information content (AvgIpc) is 2.76. The normalized spacial score (nSPS) is 17.4. The molecule has 1 saturated heterocycles. The second-order valence-corrected chi connectivity index (χ2v) is 9.16. The van der Waals surface area contributed by atoms with Gasteiger partial charge in [-0.05, 0) is 67.9 Å². The summed E-state index contributed by atoms with van der Waals surface area (Å²) in [5.41, 5.74) is 3.64. The lowest BCUT2D eigenvalue weighted by molar-refractivity contribution is -0.144. The van der Waals surface area contributed by atoms with Gasteiger partial charge in [-0.25, -0.2) is 4.79 Å². The van der Waals surface area contributed by atoms with Crippen LogP contribution in [0.3, 0.4) is 0 Å². The molecule has 3 rings (SSSR count). The number of hydrogen-bond donors (Lipinski definition) is 0. The maximum Gasteiger partial charge on any atom is 0.337 e. The number of likely N-dealkylation sites (tertiary alicyclic amines) is 1. The number of nitrogens with zero attached hydrogens (tertiary/aromatic N) is 1. The molecule has 1 aromatic rings. The Balaban J connectivity index is 1.99. The Bertz CT molecular complexity index is 1040. The van der Waals surface area contributed by atoms with E-state index in [0.717, 1.165) is 22.3 Å². The topological polar surface area (TPSA) is 82.1 Å². The van der Waals surface area contributed by atoms with Crippen LogP contribution in [0.25, 0.3) is 5.57 Å². The SMILES string of the molecule is CC#Cc1cc(C)c(C2=C(OC(=O)COC)CC3(CCN(C(=O)COC)CC3)CC2=O)c(C)c1. The van der Waals surface area contributed by atoms with Crippen molar-refractivity contribution in [3.8, 4) is 11.8 Å². The van der Waals surface area contributed by atoms with Crippen LogP contribution in [0, 0.1) is 31.1 Å². The maximum atomic E-state index is 13.6. The van der Waals surface area contributed by atoms with Gasteiger partial charge in [-0.1, -0.05) is 5.92 Å². The number of Topliss-reactive ketones (excluding diaryl/α,β-unsaturated/α-hetero) is 1. The van der Waals surface area contributed by atoms with Gasteiger partial charge in [-0.2, -0.15) is 0 Å². The number of hydrogen-bond acceptors (Lipinski definition) is 6. The predicted molar refractivity (Wildman–Crippen MR) is 128 cm³/mol. The smallest absolute Gasteiger partial charge is 0.337 e. The summed E-state index contributed by atoms with van der Waals surface area (Å²) in [6.45, 7) is 6.63. The van der Waals surface area contributed by atoms with E-state index >= 15 is 0 Å². The van der Waals surface area contributed by atoms with E-state index in [4.69, 9.17) is 14.2 Å². The lowest BCUT2D eigenvalue weighted by Gasteiger charge is -2.44. The molecule has 0 saturated carbocycles. The first-order chi connectivity index (χ1) is 16.2. The van der Waals surface area contributed by atoms with Gasteiger partial charge in [0, 0.05) is 45.7 Å². The van der Waals surface area contributed by atoms with Gasteiger partial charge in [-0.15, -0.1) is 5.92 Å². The van der Waals surface area contributed by atoms with Gasteiger partial charge in [0.25, 0.3) is 0 Å². The molecule has 1 aromatic carbocycles. The summed E-state index contributed by atoms with van der Waals surface area (Å²) in [5.74, 6) is 5.75. The molecule has 1 aliphatic heterocycles. The molecule has 1 fully saturated rings. The summed E-state index contributed by atoms with van der Waals surface area (Å²) < 4.78 is 15.7. The fourth-order valence-electron chi connectivity index (χ4n) is 5.10. The van der Waals surface area contributed by atoms with Gasteiger partial charge in [-0.3, -0.25) is 9.59 Å². The van der Waals surface area contributed by atoms with Gasteiger partial charge in [0.1, 0.15) is 19.0 Å². The quantitative estimate of drug-likeness (QED) is 0.472. The zero-order valence-corrected chi connectivity index (χ0v) is 20.7. The first-order valence-electron chi connectivity index (χ1n) is 11.5. The molecule has 7 nitrogen and oxygen atoms in total. The maximum absolute atomic E-state index is 13.6. The van der Waals surface area contributed by atoms with Crippen molar-refractivity contribution in [3.05, 3.63) is 40.1 Å². The van der Waals surface area contributed by atoms with Gasteiger partial charge in [0.2, 0.25) is 5.91 Å².